The third kappa shape index (κ3) is 4.29. The van der Waals surface area contributed by atoms with Crippen LogP contribution in [0.1, 0.15) is 22.8 Å². The van der Waals surface area contributed by atoms with Crippen LogP contribution in [-0.2, 0) is 4.74 Å². The van der Waals surface area contributed by atoms with Gasteiger partial charge in [0.05, 0.1) is 25.5 Å². The van der Waals surface area contributed by atoms with E-state index in [2.05, 4.69) is 0 Å². The van der Waals surface area contributed by atoms with Gasteiger partial charge in [0.1, 0.15) is 11.6 Å². The fraction of sp³-hybridized carbons (Fsp3) is 0.286. The Morgan fingerprint density at radius 1 is 1.23 bits per heavy atom. The van der Waals surface area contributed by atoms with Crippen LogP contribution in [0.3, 0.4) is 0 Å². The first kappa shape index (κ1) is 18.1. The van der Waals surface area contributed by atoms with Gasteiger partial charge in [-0.1, -0.05) is 18.2 Å². The summed E-state index contributed by atoms with van der Waals surface area (Å²) in [7, 11) is 0. The van der Waals surface area contributed by atoms with Crippen molar-refractivity contribution in [2.24, 2.45) is 0 Å². The molecule has 0 radical (unpaired) electrons. The number of ether oxygens (including phenoxy) is 2. The molecule has 0 saturated carbocycles. The van der Waals surface area contributed by atoms with Gasteiger partial charge in [0.25, 0.3) is 0 Å². The van der Waals surface area contributed by atoms with Crippen molar-refractivity contribution in [1.82, 2.24) is 0 Å². The molecule has 1 heterocycles. The molecular formula is C21H22FNO3. The van der Waals surface area contributed by atoms with Crippen molar-refractivity contribution < 1.29 is 18.7 Å². The van der Waals surface area contributed by atoms with Crippen molar-refractivity contribution in [2.75, 3.05) is 37.8 Å². The first-order chi connectivity index (χ1) is 12.7. The summed E-state index contributed by atoms with van der Waals surface area (Å²) >= 11 is 0. The number of benzene rings is 2. The summed E-state index contributed by atoms with van der Waals surface area (Å²) in [5, 5.41) is 0. The number of morpholine rings is 1. The Kier molecular flexibility index (Phi) is 6.02. The number of nitrogens with zero attached hydrogens (tertiary/aromatic N) is 1. The van der Waals surface area contributed by atoms with Gasteiger partial charge in [-0.15, -0.1) is 0 Å². The predicted octanol–water partition coefficient (Wildman–Crippen LogP) is 3.96. The molecule has 0 amide bonds. The number of hydrogen-bond donors (Lipinski definition) is 0. The number of carbonyl (C=O) groups excluding carboxylic acids is 1. The van der Waals surface area contributed by atoms with E-state index < -0.39 is 0 Å². The highest BCUT2D eigenvalue weighted by atomic mass is 19.1. The quantitative estimate of drug-likeness (QED) is 0.581. The molecule has 0 spiro atoms. The highest BCUT2D eigenvalue weighted by Gasteiger charge is 2.16. The van der Waals surface area contributed by atoms with Crippen LogP contribution in [0, 0.1) is 5.82 Å². The molecule has 0 unspecified atom stereocenters. The molecular weight excluding hydrogens is 333 g/mol. The summed E-state index contributed by atoms with van der Waals surface area (Å²) < 4.78 is 25.3. The van der Waals surface area contributed by atoms with Crippen molar-refractivity contribution in [1.29, 1.82) is 0 Å². The largest absolute Gasteiger partial charge is 0.493 e. The first-order valence-electron chi connectivity index (χ1n) is 8.75. The van der Waals surface area contributed by atoms with Crippen LogP contribution in [0.5, 0.6) is 5.75 Å². The summed E-state index contributed by atoms with van der Waals surface area (Å²) in [4.78, 5) is 14.3. The number of halogens is 1. The van der Waals surface area contributed by atoms with Crippen LogP contribution >= 0.6 is 0 Å². The molecule has 136 valence electrons. The van der Waals surface area contributed by atoms with E-state index in [4.69, 9.17) is 9.47 Å². The van der Waals surface area contributed by atoms with E-state index in [9.17, 15) is 9.18 Å². The van der Waals surface area contributed by atoms with Crippen molar-refractivity contribution >= 4 is 17.5 Å². The molecule has 2 aromatic rings. The Morgan fingerprint density at radius 2 is 2.00 bits per heavy atom. The lowest BCUT2D eigenvalue weighted by molar-refractivity contribution is 0.104. The van der Waals surface area contributed by atoms with Gasteiger partial charge in [0, 0.05) is 24.2 Å². The van der Waals surface area contributed by atoms with E-state index in [1.54, 1.807) is 18.2 Å². The van der Waals surface area contributed by atoms with Gasteiger partial charge in [0.2, 0.25) is 0 Å². The van der Waals surface area contributed by atoms with Crippen LogP contribution < -0.4 is 9.64 Å². The maximum absolute atomic E-state index is 14.4. The van der Waals surface area contributed by atoms with Crippen LogP contribution in [0.4, 0.5) is 10.1 Å². The van der Waals surface area contributed by atoms with Crippen LogP contribution in [0.15, 0.2) is 48.5 Å². The fourth-order valence-electron chi connectivity index (χ4n) is 2.89. The number of hydrogen-bond acceptors (Lipinski definition) is 4. The molecule has 26 heavy (non-hydrogen) atoms. The minimum absolute atomic E-state index is 0.247. The number of allylic oxidation sites excluding steroid dienone is 1. The molecule has 1 aliphatic rings. The highest BCUT2D eigenvalue weighted by molar-refractivity contribution is 6.07. The number of para-hydroxylation sites is 1. The Balaban J connectivity index is 1.75. The highest BCUT2D eigenvalue weighted by Crippen LogP contribution is 2.23. The van der Waals surface area contributed by atoms with E-state index in [0.29, 0.717) is 49.9 Å². The van der Waals surface area contributed by atoms with E-state index in [0.717, 1.165) is 5.56 Å². The second-order valence-corrected chi connectivity index (χ2v) is 5.93. The number of ketones is 1. The molecule has 1 saturated heterocycles. The standard InChI is InChI=1S/C21H22FNO3/c1-2-26-21-6-4-3-5-16(21)8-10-20(24)17-7-9-19(18(22)15-17)23-11-13-25-14-12-23/h3-10,15H,2,11-14H2,1H3. The summed E-state index contributed by atoms with van der Waals surface area (Å²) in [5.41, 5.74) is 1.65. The van der Waals surface area contributed by atoms with Gasteiger partial charge in [-0.25, -0.2) is 4.39 Å². The van der Waals surface area contributed by atoms with Crippen molar-refractivity contribution in [3.05, 3.63) is 65.5 Å². The number of carbonyl (C=O) groups is 1. The van der Waals surface area contributed by atoms with E-state index in [-0.39, 0.29) is 11.6 Å². The van der Waals surface area contributed by atoms with Crippen molar-refractivity contribution in [3.63, 3.8) is 0 Å². The van der Waals surface area contributed by atoms with Gasteiger partial charge < -0.3 is 14.4 Å². The van der Waals surface area contributed by atoms with E-state index in [1.165, 1.54) is 12.1 Å². The Bertz CT molecular complexity index is 798. The first-order valence-corrected chi connectivity index (χ1v) is 8.75. The summed E-state index contributed by atoms with van der Waals surface area (Å²) in [6, 6.07) is 12.1. The molecule has 0 N–H and O–H groups in total. The molecule has 1 fully saturated rings. The van der Waals surface area contributed by atoms with Gasteiger partial charge in [-0.3, -0.25) is 4.79 Å². The van der Waals surface area contributed by atoms with Crippen LogP contribution in [-0.4, -0.2) is 38.7 Å². The normalized spacial score (nSPS) is 14.6. The van der Waals surface area contributed by atoms with Crippen LogP contribution in [0.2, 0.25) is 0 Å². The van der Waals surface area contributed by atoms with Crippen LogP contribution in [0.25, 0.3) is 6.08 Å². The lowest BCUT2D eigenvalue weighted by atomic mass is 10.1. The summed E-state index contributed by atoms with van der Waals surface area (Å²) in [6.45, 7) is 4.93. The maximum atomic E-state index is 14.4. The Hall–Kier alpha value is -2.66. The topological polar surface area (TPSA) is 38.8 Å². The zero-order chi connectivity index (χ0) is 18.4. The van der Waals surface area contributed by atoms with E-state index >= 15 is 0 Å². The zero-order valence-corrected chi connectivity index (χ0v) is 14.8. The Morgan fingerprint density at radius 3 is 2.73 bits per heavy atom. The second-order valence-electron chi connectivity index (χ2n) is 5.93. The molecule has 0 aromatic heterocycles. The molecule has 0 aliphatic carbocycles. The molecule has 0 bridgehead atoms. The molecule has 1 aliphatic heterocycles. The minimum atomic E-state index is -0.388. The monoisotopic (exact) mass is 355 g/mol. The molecule has 0 atom stereocenters. The summed E-state index contributed by atoms with van der Waals surface area (Å²) in [5.74, 6) is 0.0810. The molecule has 4 nitrogen and oxygen atoms in total. The molecule has 2 aromatic carbocycles. The van der Waals surface area contributed by atoms with Crippen molar-refractivity contribution in [2.45, 2.75) is 6.92 Å². The van der Waals surface area contributed by atoms with Gasteiger partial charge >= 0.3 is 0 Å². The van der Waals surface area contributed by atoms with Gasteiger partial charge in [-0.05, 0) is 43.3 Å². The second kappa shape index (κ2) is 8.63. The van der Waals surface area contributed by atoms with Gasteiger partial charge in [0.15, 0.2) is 5.78 Å². The average Bonchev–Trinajstić information content (AvgIpc) is 2.68. The number of rotatable bonds is 6. The SMILES string of the molecule is CCOc1ccccc1C=CC(=O)c1ccc(N2CCOCC2)c(F)c1. The minimum Gasteiger partial charge on any atom is -0.493 e. The van der Waals surface area contributed by atoms with E-state index in [1.807, 2.05) is 36.1 Å². The lowest BCUT2D eigenvalue weighted by Crippen LogP contribution is -2.36. The molecule has 3 rings (SSSR count). The smallest absolute Gasteiger partial charge is 0.185 e. The predicted molar refractivity (Wildman–Crippen MR) is 100 cm³/mol. The molecule has 5 heteroatoms. The lowest BCUT2D eigenvalue weighted by Gasteiger charge is -2.29. The van der Waals surface area contributed by atoms with Crippen molar-refractivity contribution in [3.8, 4) is 5.75 Å². The third-order valence-electron chi connectivity index (χ3n) is 4.22. The fourth-order valence-corrected chi connectivity index (χ4v) is 2.89. The zero-order valence-electron chi connectivity index (χ0n) is 14.8. The Labute approximate surface area is 152 Å². The van der Waals surface area contributed by atoms with Gasteiger partial charge in [-0.2, -0.15) is 0 Å². The summed E-state index contributed by atoms with van der Waals surface area (Å²) in [6.07, 6.45) is 3.14. The third-order valence-corrected chi connectivity index (χ3v) is 4.22. The average molecular weight is 355 g/mol. The maximum Gasteiger partial charge on any atom is 0.185 e. The number of anilines is 1.